The molecule has 0 aliphatic carbocycles. The number of aliphatic hydroxyl groups excluding tert-OH is 1. The molecule has 0 aromatic carbocycles. The average Bonchev–Trinajstić information content (AvgIpc) is 2.93. The van der Waals surface area contributed by atoms with Crippen LogP contribution in [0.5, 0.6) is 0 Å². The number of sulfonamides is 1. The predicted octanol–water partition coefficient (Wildman–Crippen LogP) is -0.0354. The third-order valence-electron chi connectivity index (χ3n) is 4.21. The number of aryl methyl sites for hydroxylation is 2. The van der Waals surface area contributed by atoms with E-state index < -0.39 is 16.1 Å². The number of hydrogen-bond donors (Lipinski definition) is 2. The van der Waals surface area contributed by atoms with E-state index in [4.69, 9.17) is 0 Å². The largest absolute Gasteiger partial charge is 0.391 e. The third kappa shape index (κ3) is 3.87. The summed E-state index contributed by atoms with van der Waals surface area (Å²) in [6.45, 7) is 5.73. The first-order valence-electron chi connectivity index (χ1n) is 7.58. The first-order chi connectivity index (χ1) is 10.2. The number of hydrogen-bond acceptors (Lipinski definition) is 5. The first-order valence-corrected chi connectivity index (χ1v) is 9.18. The summed E-state index contributed by atoms with van der Waals surface area (Å²) in [5, 5.41) is 10.2. The van der Waals surface area contributed by atoms with Crippen LogP contribution in [0.4, 0.5) is 0 Å². The van der Waals surface area contributed by atoms with Crippen molar-refractivity contribution in [3.05, 3.63) is 17.2 Å². The van der Waals surface area contributed by atoms with Crippen LogP contribution < -0.4 is 0 Å². The van der Waals surface area contributed by atoms with Crippen molar-refractivity contribution in [2.75, 3.05) is 32.9 Å². The number of likely N-dealkylation sites (tertiary alicyclic amines) is 1. The number of aliphatic hydroxyl groups is 1. The molecule has 0 amide bonds. The lowest BCUT2D eigenvalue weighted by molar-refractivity contribution is 0.148. The van der Waals surface area contributed by atoms with Gasteiger partial charge >= 0.3 is 0 Å². The molecule has 1 aromatic rings. The van der Waals surface area contributed by atoms with Gasteiger partial charge in [0.25, 0.3) is 0 Å². The van der Waals surface area contributed by atoms with Crippen LogP contribution in [0.25, 0.3) is 0 Å². The van der Waals surface area contributed by atoms with Crippen molar-refractivity contribution in [3.8, 4) is 0 Å². The molecular formula is C14H26N4O3S. The monoisotopic (exact) mass is 330 g/mol. The maximum absolute atomic E-state index is 12.0. The Balaban J connectivity index is 2.00. The van der Waals surface area contributed by atoms with E-state index in [9.17, 15) is 13.5 Å². The van der Waals surface area contributed by atoms with Crippen LogP contribution in [-0.2, 0) is 23.0 Å². The van der Waals surface area contributed by atoms with Gasteiger partial charge < -0.3 is 10.1 Å². The van der Waals surface area contributed by atoms with Crippen molar-refractivity contribution in [2.24, 2.45) is 5.92 Å². The fourth-order valence-electron chi connectivity index (χ4n) is 2.75. The summed E-state index contributed by atoms with van der Waals surface area (Å²) in [4.78, 5) is 9.85. The summed E-state index contributed by atoms with van der Waals surface area (Å²) < 4.78 is 25.2. The van der Waals surface area contributed by atoms with Crippen molar-refractivity contribution < 1.29 is 13.5 Å². The van der Waals surface area contributed by atoms with Crippen molar-refractivity contribution in [2.45, 2.75) is 32.9 Å². The summed E-state index contributed by atoms with van der Waals surface area (Å²) in [7, 11) is -0.251. The molecule has 0 bridgehead atoms. The molecule has 1 fully saturated rings. The zero-order valence-corrected chi connectivity index (χ0v) is 14.5. The Morgan fingerprint density at radius 2 is 2.09 bits per heavy atom. The van der Waals surface area contributed by atoms with Crippen LogP contribution >= 0.6 is 0 Å². The highest BCUT2D eigenvalue weighted by molar-refractivity contribution is 7.89. The second-order valence-corrected chi connectivity index (χ2v) is 8.42. The number of β-amino-alcohol motifs (C(OH)–C–C–N with tert-alkyl or cyclic N) is 1. The number of rotatable bonds is 6. The van der Waals surface area contributed by atoms with Gasteiger partial charge in [0.05, 0.1) is 17.6 Å². The minimum absolute atomic E-state index is 0.0164. The second kappa shape index (κ2) is 6.66. The highest BCUT2D eigenvalue weighted by Gasteiger charge is 2.35. The van der Waals surface area contributed by atoms with Crippen molar-refractivity contribution >= 4 is 10.0 Å². The van der Waals surface area contributed by atoms with E-state index in [1.54, 1.807) is 0 Å². The fraction of sp³-hybridized carbons (Fsp3) is 0.786. The van der Waals surface area contributed by atoms with Crippen LogP contribution in [-0.4, -0.2) is 71.7 Å². The molecule has 0 saturated carbocycles. The van der Waals surface area contributed by atoms with E-state index in [-0.39, 0.29) is 11.7 Å². The maximum Gasteiger partial charge on any atom is 0.214 e. The molecule has 7 nitrogen and oxygen atoms in total. The number of aromatic amines is 1. The lowest BCUT2D eigenvalue weighted by Crippen LogP contribution is -2.33. The van der Waals surface area contributed by atoms with E-state index in [2.05, 4.69) is 14.9 Å². The van der Waals surface area contributed by atoms with Crippen LogP contribution in [0.1, 0.15) is 24.1 Å². The van der Waals surface area contributed by atoms with Gasteiger partial charge in [0, 0.05) is 51.8 Å². The van der Waals surface area contributed by atoms with Gasteiger partial charge in [-0.2, -0.15) is 0 Å². The molecule has 2 heterocycles. The average molecular weight is 330 g/mol. The smallest absolute Gasteiger partial charge is 0.214 e. The van der Waals surface area contributed by atoms with Crippen molar-refractivity contribution in [1.82, 2.24) is 19.2 Å². The maximum atomic E-state index is 12.0. The molecule has 1 aliphatic heterocycles. The molecular weight excluding hydrogens is 304 g/mol. The van der Waals surface area contributed by atoms with Gasteiger partial charge in [0.2, 0.25) is 10.0 Å². The van der Waals surface area contributed by atoms with Crippen molar-refractivity contribution in [1.29, 1.82) is 0 Å². The second-order valence-electron chi connectivity index (χ2n) is 6.19. The normalized spacial score (nSPS) is 23.5. The number of nitrogens with zero attached hydrogens (tertiary/aromatic N) is 3. The summed E-state index contributed by atoms with van der Waals surface area (Å²) in [5.41, 5.74) is 2.01. The fourth-order valence-corrected chi connectivity index (χ4v) is 3.92. The van der Waals surface area contributed by atoms with E-state index >= 15 is 0 Å². The van der Waals surface area contributed by atoms with Gasteiger partial charge in [-0.15, -0.1) is 0 Å². The van der Waals surface area contributed by atoms with E-state index in [1.165, 1.54) is 18.4 Å². The molecule has 2 atom stereocenters. The van der Waals surface area contributed by atoms with Gasteiger partial charge in [-0.3, -0.25) is 4.90 Å². The topological polar surface area (TPSA) is 89.5 Å². The lowest BCUT2D eigenvalue weighted by Gasteiger charge is -2.17. The Morgan fingerprint density at radius 3 is 2.64 bits per heavy atom. The van der Waals surface area contributed by atoms with Gasteiger partial charge in [-0.1, -0.05) is 6.92 Å². The van der Waals surface area contributed by atoms with E-state index in [0.29, 0.717) is 19.6 Å². The predicted molar refractivity (Wildman–Crippen MR) is 85.0 cm³/mol. The summed E-state index contributed by atoms with van der Waals surface area (Å²) in [6, 6.07) is 0. The van der Waals surface area contributed by atoms with Crippen molar-refractivity contribution in [3.63, 3.8) is 0 Å². The van der Waals surface area contributed by atoms with Crippen LogP contribution in [0.15, 0.2) is 0 Å². The highest BCUT2D eigenvalue weighted by atomic mass is 32.2. The molecule has 126 valence electrons. The number of imidazole rings is 1. The van der Waals surface area contributed by atoms with Crippen LogP contribution in [0, 0.1) is 12.8 Å². The summed E-state index contributed by atoms with van der Waals surface area (Å²) in [5.74, 6) is 0.688. The minimum Gasteiger partial charge on any atom is -0.391 e. The first kappa shape index (κ1) is 17.4. The van der Waals surface area contributed by atoms with Crippen LogP contribution in [0.3, 0.4) is 0 Å². The Bertz CT molecular complexity index is 612. The quantitative estimate of drug-likeness (QED) is 0.764. The molecule has 1 aromatic heterocycles. The number of aromatic nitrogens is 2. The zero-order valence-electron chi connectivity index (χ0n) is 13.7. The van der Waals surface area contributed by atoms with Crippen LogP contribution in [0.2, 0.25) is 0 Å². The summed E-state index contributed by atoms with van der Waals surface area (Å²) in [6.07, 6.45) is 0.243. The summed E-state index contributed by atoms with van der Waals surface area (Å²) >= 11 is 0. The molecule has 2 N–H and O–H groups in total. The third-order valence-corrected chi connectivity index (χ3v) is 6.17. The number of nitrogens with one attached hydrogen (secondary N) is 1. The Hall–Kier alpha value is -0.960. The number of H-pyrrole nitrogens is 1. The van der Waals surface area contributed by atoms with Gasteiger partial charge in [-0.25, -0.2) is 17.7 Å². The SMILES string of the molecule is CCc1nc(CN2C[C@@H](CS(=O)(=O)N(C)C)[C@@H](O)C2)c(C)[nH]1. The lowest BCUT2D eigenvalue weighted by atomic mass is 10.1. The Kier molecular flexibility index (Phi) is 5.26. The molecule has 1 saturated heterocycles. The standard InChI is InChI=1S/C14H26N4O3S/c1-5-14-15-10(2)12(16-14)7-18-6-11(13(19)8-18)9-22(20,21)17(3)4/h11,13,19H,5-9H2,1-4H3,(H,15,16)/t11-,13-/m0/s1. The molecule has 22 heavy (non-hydrogen) atoms. The Morgan fingerprint density at radius 1 is 1.41 bits per heavy atom. The zero-order chi connectivity index (χ0) is 16.5. The van der Waals surface area contributed by atoms with Gasteiger partial charge in [0.1, 0.15) is 5.82 Å². The van der Waals surface area contributed by atoms with E-state index in [0.717, 1.165) is 23.6 Å². The molecule has 0 spiro atoms. The van der Waals surface area contributed by atoms with Gasteiger partial charge in [-0.05, 0) is 6.92 Å². The van der Waals surface area contributed by atoms with Gasteiger partial charge in [0.15, 0.2) is 0 Å². The molecule has 8 heteroatoms. The molecule has 0 unspecified atom stereocenters. The molecule has 2 rings (SSSR count). The van der Waals surface area contributed by atoms with E-state index in [1.807, 2.05) is 13.8 Å². The minimum atomic E-state index is -3.29. The Labute approximate surface area is 132 Å². The molecule has 1 aliphatic rings. The molecule has 0 radical (unpaired) electrons. The highest BCUT2D eigenvalue weighted by Crippen LogP contribution is 2.22.